The number of carbonyl (C=O) groups excluding carboxylic acids is 3. The summed E-state index contributed by atoms with van der Waals surface area (Å²) < 4.78 is 0. The highest BCUT2D eigenvalue weighted by atomic mass is 32.2. The summed E-state index contributed by atoms with van der Waals surface area (Å²) in [5.74, 6) is 1.15. The van der Waals surface area contributed by atoms with E-state index in [1.54, 1.807) is 11.8 Å². The lowest BCUT2D eigenvalue weighted by Gasteiger charge is -2.36. The predicted octanol–water partition coefficient (Wildman–Crippen LogP) is 2.06. The van der Waals surface area contributed by atoms with E-state index in [2.05, 4.69) is 4.90 Å². The maximum atomic E-state index is 12.8. The molecule has 4 rings (SSSR count). The Bertz CT molecular complexity index is 804. The van der Waals surface area contributed by atoms with Crippen molar-refractivity contribution in [2.45, 2.75) is 37.0 Å². The van der Waals surface area contributed by atoms with Crippen molar-refractivity contribution in [3.05, 3.63) is 24.3 Å². The lowest BCUT2D eigenvalue weighted by Crippen LogP contribution is -2.52. The van der Waals surface area contributed by atoms with Crippen LogP contribution in [0.25, 0.3) is 0 Å². The molecule has 7 nitrogen and oxygen atoms in total. The summed E-state index contributed by atoms with van der Waals surface area (Å²) in [6.45, 7) is 5.60. The van der Waals surface area contributed by atoms with Crippen LogP contribution in [-0.4, -0.2) is 90.5 Å². The van der Waals surface area contributed by atoms with Crippen LogP contribution in [0.15, 0.2) is 29.2 Å². The van der Waals surface area contributed by atoms with E-state index in [0.717, 1.165) is 55.4 Å². The third-order valence-corrected chi connectivity index (χ3v) is 7.42. The number of carbonyl (C=O) groups is 3. The summed E-state index contributed by atoms with van der Waals surface area (Å²) >= 11 is 1.77. The summed E-state index contributed by atoms with van der Waals surface area (Å²) in [5.41, 5.74) is 0.961. The molecule has 2 saturated heterocycles. The summed E-state index contributed by atoms with van der Waals surface area (Å²) in [4.78, 5) is 46.8. The maximum Gasteiger partial charge on any atom is 0.236 e. The molecule has 31 heavy (non-hydrogen) atoms. The smallest absolute Gasteiger partial charge is 0.236 e. The summed E-state index contributed by atoms with van der Waals surface area (Å²) in [6.07, 6.45) is 3.92. The topological polar surface area (TPSA) is 64.2 Å². The fraction of sp³-hybridized carbons (Fsp3) is 0.609. The highest BCUT2D eigenvalue weighted by Gasteiger charge is 2.27. The van der Waals surface area contributed by atoms with Crippen molar-refractivity contribution >= 4 is 35.2 Å². The molecule has 0 bridgehead atoms. The van der Waals surface area contributed by atoms with Crippen molar-refractivity contribution in [3.63, 3.8) is 0 Å². The molecule has 1 aromatic rings. The van der Waals surface area contributed by atoms with Gasteiger partial charge in [-0.05, 0) is 31.4 Å². The summed E-state index contributed by atoms with van der Waals surface area (Å²) in [6, 6.07) is 7.96. The van der Waals surface area contributed by atoms with Crippen molar-refractivity contribution in [1.82, 2.24) is 14.7 Å². The number of piperazine rings is 1. The van der Waals surface area contributed by atoms with Crippen molar-refractivity contribution in [2.24, 2.45) is 0 Å². The number of anilines is 1. The molecule has 0 atom stereocenters. The molecule has 0 aliphatic carbocycles. The third kappa shape index (κ3) is 5.60. The Balaban J connectivity index is 1.20. The standard InChI is InChI=1S/C23H32N4O3S/c28-21(8-9-22(29)27-16-17-31-20-7-3-2-6-19(20)27)26-14-12-24(13-15-26)18-23(30)25-10-4-1-5-11-25/h2-3,6-7H,1,4-5,8-18H2. The van der Waals surface area contributed by atoms with Crippen molar-refractivity contribution in [3.8, 4) is 0 Å². The largest absolute Gasteiger partial charge is 0.342 e. The quantitative estimate of drug-likeness (QED) is 0.696. The van der Waals surface area contributed by atoms with E-state index >= 15 is 0 Å². The molecule has 1 aromatic carbocycles. The first-order valence-electron chi connectivity index (χ1n) is 11.4. The van der Waals surface area contributed by atoms with Gasteiger partial charge >= 0.3 is 0 Å². The van der Waals surface area contributed by atoms with Gasteiger partial charge in [0.25, 0.3) is 0 Å². The van der Waals surface area contributed by atoms with Gasteiger partial charge in [0.2, 0.25) is 17.7 Å². The van der Waals surface area contributed by atoms with Crippen LogP contribution in [-0.2, 0) is 14.4 Å². The van der Waals surface area contributed by atoms with Gasteiger partial charge in [-0.3, -0.25) is 19.3 Å². The van der Waals surface area contributed by atoms with Gasteiger partial charge in [-0.15, -0.1) is 11.8 Å². The van der Waals surface area contributed by atoms with Gasteiger partial charge in [0.1, 0.15) is 0 Å². The normalized spacial score (nSPS) is 19.8. The van der Waals surface area contributed by atoms with Gasteiger partial charge < -0.3 is 14.7 Å². The van der Waals surface area contributed by atoms with E-state index in [9.17, 15) is 14.4 Å². The number of thioether (sulfide) groups is 1. The SMILES string of the molecule is O=C(CCC(=O)N1CCSc2ccccc21)N1CCN(CC(=O)N2CCCCC2)CC1. The van der Waals surface area contributed by atoms with Crippen LogP contribution < -0.4 is 4.90 Å². The van der Waals surface area contributed by atoms with Gasteiger partial charge in [-0.25, -0.2) is 0 Å². The Morgan fingerprint density at radius 3 is 2.19 bits per heavy atom. The van der Waals surface area contributed by atoms with Crippen molar-refractivity contribution in [2.75, 3.05) is 63.0 Å². The van der Waals surface area contributed by atoms with Crippen molar-refractivity contribution < 1.29 is 14.4 Å². The Morgan fingerprint density at radius 2 is 1.42 bits per heavy atom. The molecule has 0 radical (unpaired) electrons. The van der Waals surface area contributed by atoms with Gasteiger partial charge in [0.05, 0.1) is 12.2 Å². The Labute approximate surface area is 188 Å². The number of likely N-dealkylation sites (tertiary alicyclic amines) is 1. The molecular formula is C23H32N4O3S. The number of rotatable bonds is 5. The lowest BCUT2D eigenvalue weighted by atomic mass is 10.1. The van der Waals surface area contributed by atoms with E-state index in [4.69, 9.17) is 0 Å². The highest BCUT2D eigenvalue weighted by Crippen LogP contribution is 2.34. The number of fused-ring (bicyclic) bond motifs is 1. The second-order valence-electron chi connectivity index (χ2n) is 8.46. The Kier molecular flexibility index (Phi) is 7.50. The molecule has 2 fully saturated rings. The molecule has 3 aliphatic heterocycles. The van der Waals surface area contributed by atoms with E-state index < -0.39 is 0 Å². The van der Waals surface area contributed by atoms with Crippen molar-refractivity contribution in [1.29, 1.82) is 0 Å². The Hall–Kier alpha value is -2.06. The molecule has 3 heterocycles. The predicted molar refractivity (Wildman–Crippen MR) is 122 cm³/mol. The van der Waals surface area contributed by atoms with Gasteiger partial charge in [0.15, 0.2) is 0 Å². The van der Waals surface area contributed by atoms with Gasteiger partial charge in [0, 0.05) is 69.3 Å². The lowest BCUT2D eigenvalue weighted by molar-refractivity contribution is -0.136. The molecule has 3 amide bonds. The first-order chi connectivity index (χ1) is 15.1. The van der Waals surface area contributed by atoms with E-state index in [1.807, 2.05) is 39.0 Å². The maximum absolute atomic E-state index is 12.8. The first kappa shape index (κ1) is 22.1. The van der Waals surface area contributed by atoms with Gasteiger partial charge in [-0.1, -0.05) is 12.1 Å². The number of benzene rings is 1. The third-order valence-electron chi connectivity index (χ3n) is 6.37. The summed E-state index contributed by atoms with van der Waals surface area (Å²) in [5, 5.41) is 0. The first-order valence-corrected chi connectivity index (χ1v) is 12.4. The molecule has 0 spiro atoms. The number of para-hydroxylation sites is 1. The zero-order chi connectivity index (χ0) is 21.6. The van der Waals surface area contributed by atoms with Gasteiger partial charge in [-0.2, -0.15) is 0 Å². The molecule has 0 saturated carbocycles. The fourth-order valence-electron chi connectivity index (χ4n) is 4.53. The number of piperidine rings is 1. The van der Waals surface area contributed by atoms with Crippen LogP contribution in [0.4, 0.5) is 5.69 Å². The molecule has 8 heteroatoms. The minimum atomic E-state index is 0.0202. The van der Waals surface area contributed by atoms with E-state index in [0.29, 0.717) is 26.2 Å². The second-order valence-corrected chi connectivity index (χ2v) is 9.60. The molecule has 0 N–H and O–H groups in total. The van der Waals surface area contributed by atoms with Crippen LogP contribution in [0, 0.1) is 0 Å². The van der Waals surface area contributed by atoms with Crippen LogP contribution in [0.5, 0.6) is 0 Å². The zero-order valence-corrected chi connectivity index (χ0v) is 18.9. The van der Waals surface area contributed by atoms with Crippen LogP contribution in [0.1, 0.15) is 32.1 Å². The minimum Gasteiger partial charge on any atom is -0.342 e. The number of hydrogen-bond acceptors (Lipinski definition) is 5. The molecular weight excluding hydrogens is 412 g/mol. The average Bonchev–Trinajstić information content (AvgIpc) is 2.83. The number of amides is 3. The molecule has 0 unspecified atom stereocenters. The number of hydrogen-bond donors (Lipinski definition) is 0. The van der Waals surface area contributed by atoms with Crippen LogP contribution in [0.3, 0.4) is 0 Å². The number of nitrogens with zero attached hydrogens (tertiary/aromatic N) is 4. The minimum absolute atomic E-state index is 0.0202. The molecule has 168 valence electrons. The zero-order valence-electron chi connectivity index (χ0n) is 18.1. The second kappa shape index (κ2) is 10.5. The summed E-state index contributed by atoms with van der Waals surface area (Å²) in [7, 11) is 0. The van der Waals surface area contributed by atoms with E-state index in [1.165, 1.54) is 6.42 Å². The fourth-order valence-corrected chi connectivity index (χ4v) is 5.52. The van der Waals surface area contributed by atoms with Crippen LogP contribution in [0.2, 0.25) is 0 Å². The highest BCUT2D eigenvalue weighted by molar-refractivity contribution is 7.99. The Morgan fingerprint density at radius 1 is 0.742 bits per heavy atom. The average molecular weight is 445 g/mol. The monoisotopic (exact) mass is 444 g/mol. The molecule has 0 aromatic heterocycles. The van der Waals surface area contributed by atoms with Crippen LogP contribution >= 0.6 is 11.8 Å². The molecule has 3 aliphatic rings. The van der Waals surface area contributed by atoms with E-state index in [-0.39, 0.29) is 30.6 Å².